The summed E-state index contributed by atoms with van der Waals surface area (Å²) in [7, 11) is 1.66. The van der Waals surface area contributed by atoms with Gasteiger partial charge in [-0.25, -0.2) is 9.98 Å². The van der Waals surface area contributed by atoms with Crippen molar-refractivity contribution in [3.05, 3.63) is 78.0 Å². The Morgan fingerprint density at radius 2 is 1.72 bits per heavy atom. The summed E-state index contributed by atoms with van der Waals surface area (Å²) in [4.78, 5) is 8.83. The summed E-state index contributed by atoms with van der Waals surface area (Å²) in [6.45, 7) is 3.47. The molecule has 1 aromatic heterocycles. The van der Waals surface area contributed by atoms with Gasteiger partial charge in [0.05, 0.1) is 19.8 Å². The van der Waals surface area contributed by atoms with Crippen molar-refractivity contribution >= 4 is 35.6 Å². The van der Waals surface area contributed by atoms with E-state index in [9.17, 15) is 0 Å². The Kier molecular flexibility index (Phi) is 10.8. The molecule has 0 atom stereocenters. The molecule has 0 aliphatic rings. The van der Waals surface area contributed by atoms with Gasteiger partial charge >= 0.3 is 0 Å². The van der Waals surface area contributed by atoms with Gasteiger partial charge in [0.15, 0.2) is 17.5 Å². The van der Waals surface area contributed by atoms with E-state index in [4.69, 9.17) is 19.9 Å². The van der Waals surface area contributed by atoms with Crippen LogP contribution in [0.1, 0.15) is 24.5 Å². The van der Waals surface area contributed by atoms with Crippen LogP contribution in [0.25, 0.3) is 0 Å². The van der Waals surface area contributed by atoms with Gasteiger partial charge in [-0.1, -0.05) is 43.3 Å². The first kappa shape index (κ1) is 25.4. The molecule has 0 radical (unpaired) electrons. The van der Waals surface area contributed by atoms with Crippen molar-refractivity contribution in [2.24, 2.45) is 10.7 Å². The molecule has 0 aliphatic heterocycles. The number of halogens is 1. The number of ether oxygens (including phenoxy) is 3. The van der Waals surface area contributed by atoms with Crippen molar-refractivity contribution in [1.29, 1.82) is 0 Å². The Balaban J connectivity index is 0.00000363. The van der Waals surface area contributed by atoms with Gasteiger partial charge in [0.1, 0.15) is 0 Å². The average molecular weight is 548 g/mol. The maximum atomic E-state index is 6.12. The molecule has 2 aromatic carbocycles. The highest BCUT2D eigenvalue weighted by Crippen LogP contribution is 2.32. The molecule has 8 heteroatoms. The fourth-order valence-electron chi connectivity index (χ4n) is 2.88. The zero-order valence-corrected chi connectivity index (χ0v) is 20.6. The number of nitrogens with one attached hydrogen (secondary N) is 1. The first-order valence-electron chi connectivity index (χ1n) is 10.2. The van der Waals surface area contributed by atoms with Crippen LogP contribution in [0.5, 0.6) is 17.4 Å². The van der Waals surface area contributed by atoms with E-state index in [1.807, 2.05) is 60.7 Å². The summed E-state index contributed by atoms with van der Waals surface area (Å²) >= 11 is 0. The molecule has 0 bridgehead atoms. The predicted molar refractivity (Wildman–Crippen MR) is 138 cm³/mol. The molecule has 0 fully saturated rings. The smallest absolute Gasteiger partial charge is 0.224 e. The average Bonchev–Trinajstić information content (AvgIpc) is 2.79. The number of nitrogens with zero attached hydrogens (tertiary/aromatic N) is 2. The van der Waals surface area contributed by atoms with Crippen LogP contribution in [-0.4, -0.2) is 24.7 Å². The van der Waals surface area contributed by atoms with Crippen molar-refractivity contribution in [2.45, 2.75) is 26.5 Å². The summed E-state index contributed by atoms with van der Waals surface area (Å²) in [5, 5.41) is 3.13. The van der Waals surface area contributed by atoms with Crippen molar-refractivity contribution in [3.8, 4) is 17.4 Å². The lowest BCUT2D eigenvalue weighted by Crippen LogP contribution is -2.23. The summed E-state index contributed by atoms with van der Waals surface area (Å²) < 4.78 is 17.1. The fourth-order valence-corrected chi connectivity index (χ4v) is 2.88. The van der Waals surface area contributed by atoms with Crippen LogP contribution in [0.2, 0.25) is 0 Å². The number of benzene rings is 2. The molecule has 0 saturated carbocycles. The van der Waals surface area contributed by atoms with E-state index < -0.39 is 0 Å². The number of hydrogen-bond donors (Lipinski definition) is 2. The normalized spacial score (nSPS) is 10.9. The number of guanidine groups is 1. The Morgan fingerprint density at radius 3 is 2.50 bits per heavy atom. The minimum atomic E-state index is 0. The van der Waals surface area contributed by atoms with Gasteiger partial charge in [0.25, 0.3) is 0 Å². The first-order chi connectivity index (χ1) is 15.2. The second-order valence-electron chi connectivity index (χ2n) is 6.78. The molecule has 0 spiro atoms. The minimum Gasteiger partial charge on any atom is -0.490 e. The number of anilines is 1. The molecular weight excluding hydrogens is 519 g/mol. The van der Waals surface area contributed by atoms with Crippen LogP contribution >= 0.6 is 24.0 Å². The Morgan fingerprint density at radius 1 is 1.00 bits per heavy atom. The topological polar surface area (TPSA) is 91.0 Å². The third kappa shape index (κ3) is 7.38. The zero-order valence-electron chi connectivity index (χ0n) is 18.3. The molecule has 170 valence electrons. The van der Waals surface area contributed by atoms with Crippen molar-refractivity contribution < 1.29 is 14.2 Å². The number of pyridine rings is 1. The second-order valence-corrected chi connectivity index (χ2v) is 6.78. The summed E-state index contributed by atoms with van der Waals surface area (Å²) in [6, 6.07) is 19.1. The second kappa shape index (κ2) is 13.5. The lowest BCUT2D eigenvalue weighted by atomic mass is 10.2. The van der Waals surface area contributed by atoms with Crippen molar-refractivity contribution in [1.82, 2.24) is 4.98 Å². The molecule has 0 aliphatic carbocycles. The predicted octanol–water partition coefficient (Wildman–Crippen LogP) is 5.35. The lowest BCUT2D eigenvalue weighted by molar-refractivity contribution is 0.185. The maximum Gasteiger partial charge on any atom is 0.224 e. The number of aromatic nitrogens is 1. The molecule has 7 nitrogen and oxygen atoms in total. The van der Waals surface area contributed by atoms with Gasteiger partial charge in [0.2, 0.25) is 5.88 Å². The number of nitrogens with two attached hydrogens (primary N) is 1. The molecule has 0 saturated heterocycles. The molecule has 3 N–H and O–H groups in total. The van der Waals surface area contributed by atoms with Crippen LogP contribution in [0.3, 0.4) is 0 Å². The van der Waals surface area contributed by atoms with Gasteiger partial charge < -0.3 is 25.3 Å². The van der Waals surface area contributed by atoms with Gasteiger partial charge in [-0.15, -0.1) is 24.0 Å². The number of methoxy groups -OCH3 is 1. The standard InChI is InChI=1S/C24H28N4O3.HI/c1-3-15-30-21-12-6-7-13-22(21)31-23-18(10-8-14-26-23)16-27-24(25)28-20-11-5-4-9-19(20)17-29-2;/h4-14H,3,15-17H2,1-2H3,(H3,25,27,28);1H. The van der Waals surface area contributed by atoms with Crippen LogP contribution in [0, 0.1) is 0 Å². The van der Waals surface area contributed by atoms with E-state index in [0.29, 0.717) is 43.1 Å². The molecule has 32 heavy (non-hydrogen) atoms. The molecule has 3 aromatic rings. The Labute approximate surface area is 206 Å². The highest BCUT2D eigenvalue weighted by Gasteiger charge is 2.10. The summed E-state index contributed by atoms with van der Waals surface area (Å²) in [5.74, 6) is 2.05. The quantitative estimate of drug-likeness (QED) is 0.202. The highest BCUT2D eigenvalue weighted by atomic mass is 127. The first-order valence-corrected chi connectivity index (χ1v) is 10.2. The molecule has 3 rings (SSSR count). The molecular formula is C24H29IN4O3. The zero-order chi connectivity index (χ0) is 21.9. The number of para-hydroxylation sites is 3. The maximum absolute atomic E-state index is 6.12. The van der Waals surface area contributed by atoms with Crippen molar-refractivity contribution in [2.75, 3.05) is 19.0 Å². The van der Waals surface area contributed by atoms with E-state index in [1.54, 1.807) is 13.3 Å². The minimum absolute atomic E-state index is 0. The van der Waals surface area contributed by atoms with E-state index in [-0.39, 0.29) is 24.0 Å². The monoisotopic (exact) mass is 548 g/mol. The SMILES string of the molecule is CCCOc1ccccc1Oc1ncccc1CN=C(N)Nc1ccccc1COC.I. The van der Waals surface area contributed by atoms with E-state index >= 15 is 0 Å². The van der Waals surface area contributed by atoms with Gasteiger partial charge in [-0.2, -0.15) is 0 Å². The number of hydrogen-bond acceptors (Lipinski definition) is 5. The van der Waals surface area contributed by atoms with Crippen LogP contribution in [-0.2, 0) is 17.9 Å². The lowest BCUT2D eigenvalue weighted by Gasteiger charge is -2.13. The number of rotatable bonds is 10. The summed E-state index contributed by atoms with van der Waals surface area (Å²) in [6.07, 6.45) is 2.60. The van der Waals surface area contributed by atoms with Gasteiger partial charge in [0, 0.05) is 30.1 Å². The molecule has 0 amide bonds. The third-order valence-corrected chi connectivity index (χ3v) is 4.37. The molecule has 1 heterocycles. The Bertz CT molecular complexity index is 1010. The fraction of sp³-hybridized carbons (Fsp3) is 0.250. The van der Waals surface area contributed by atoms with Crippen molar-refractivity contribution in [3.63, 3.8) is 0 Å². The van der Waals surface area contributed by atoms with Crippen LogP contribution in [0.15, 0.2) is 71.9 Å². The molecule has 0 unspecified atom stereocenters. The highest BCUT2D eigenvalue weighted by molar-refractivity contribution is 14.0. The van der Waals surface area contributed by atoms with Gasteiger partial charge in [-0.3, -0.25) is 0 Å². The summed E-state index contributed by atoms with van der Waals surface area (Å²) in [5.41, 5.74) is 8.78. The van der Waals surface area contributed by atoms with Crippen LogP contribution < -0.4 is 20.5 Å². The Hall–Kier alpha value is -2.85. The number of aliphatic imine (C=N–C) groups is 1. The van der Waals surface area contributed by atoms with Crippen LogP contribution in [0.4, 0.5) is 5.69 Å². The van der Waals surface area contributed by atoms with Gasteiger partial charge in [-0.05, 0) is 30.7 Å². The van der Waals surface area contributed by atoms with E-state index in [1.165, 1.54) is 0 Å². The third-order valence-electron chi connectivity index (χ3n) is 4.37. The largest absolute Gasteiger partial charge is 0.490 e. The van der Waals surface area contributed by atoms with E-state index in [2.05, 4.69) is 22.2 Å². The van der Waals surface area contributed by atoms with E-state index in [0.717, 1.165) is 23.2 Å².